The summed E-state index contributed by atoms with van der Waals surface area (Å²) in [4.78, 5) is 11.0. The number of para-hydroxylation sites is 2. The highest BCUT2D eigenvalue weighted by molar-refractivity contribution is 7.25. The molecule has 0 atom stereocenters. The van der Waals surface area contributed by atoms with Gasteiger partial charge in [0.1, 0.15) is 0 Å². The van der Waals surface area contributed by atoms with Gasteiger partial charge in [0.2, 0.25) is 0 Å². The summed E-state index contributed by atoms with van der Waals surface area (Å²) in [6, 6.07) is 95.8. The van der Waals surface area contributed by atoms with Crippen molar-refractivity contribution in [3.63, 3.8) is 0 Å². The second-order valence-corrected chi connectivity index (χ2v) is 20.5. The molecule has 0 fully saturated rings. The van der Waals surface area contributed by atoms with Gasteiger partial charge in [0.15, 0.2) is 5.84 Å². The molecule has 76 heavy (non-hydrogen) atoms. The van der Waals surface area contributed by atoms with Crippen LogP contribution in [0, 0.1) is 0 Å². The van der Waals surface area contributed by atoms with Crippen molar-refractivity contribution in [3.05, 3.63) is 302 Å². The van der Waals surface area contributed by atoms with Gasteiger partial charge in [0.05, 0.1) is 28.1 Å². The molecule has 1 aliphatic heterocycles. The van der Waals surface area contributed by atoms with Crippen molar-refractivity contribution in [2.45, 2.75) is 0 Å². The summed E-state index contributed by atoms with van der Waals surface area (Å²) in [6.45, 7) is 4.67. The number of allylic oxidation sites excluding steroid dienone is 2. The van der Waals surface area contributed by atoms with Crippen molar-refractivity contribution in [1.29, 1.82) is 0 Å². The number of thiophene rings is 1. The molecule has 0 amide bonds. The third-order valence-corrected chi connectivity index (χ3v) is 15.9. The summed E-state index contributed by atoms with van der Waals surface area (Å²) < 4.78 is 4.85. The maximum absolute atomic E-state index is 5.57. The van der Waals surface area contributed by atoms with Crippen molar-refractivity contribution >= 4 is 70.6 Å². The molecular formula is C72H47N3S. The van der Waals surface area contributed by atoms with E-state index in [2.05, 4.69) is 278 Å². The highest BCUT2D eigenvalue weighted by atomic mass is 32.1. The lowest BCUT2D eigenvalue weighted by Crippen LogP contribution is -2.06. The Bertz CT molecular complexity index is 4440. The zero-order valence-electron chi connectivity index (χ0n) is 41.4. The highest BCUT2D eigenvalue weighted by Crippen LogP contribution is 2.43. The van der Waals surface area contributed by atoms with E-state index in [1.807, 2.05) is 17.4 Å². The van der Waals surface area contributed by atoms with Crippen molar-refractivity contribution in [2.75, 3.05) is 0 Å². The minimum Gasteiger partial charge on any atom is -0.309 e. The summed E-state index contributed by atoms with van der Waals surface area (Å²) in [5.41, 5.74) is 20.5. The van der Waals surface area contributed by atoms with E-state index in [4.69, 9.17) is 9.98 Å². The van der Waals surface area contributed by atoms with Gasteiger partial charge in [-0.25, -0.2) is 9.98 Å². The molecule has 1 aliphatic rings. The Labute approximate surface area is 445 Å². The second kappa shape index (κ2) is 18.9. The molecule has 0 unspecified atom stereocenters. The quantitative estimate of drug-likeness (QED) is 0.138. The third kappa shape index (κ3) is 8.09. The van der Waals surface area contributed by atoms with Crippen LogP contribution in [-0.4, -0.2) is 16.1 Å². The summed E-state index contributed by atoms with van der Waals surface area (Å²) >= 11 is 1.82. The van der Waals surface area contributed by atoms with Crippen LogP contribution >= 0.6 is 11.3 Å². The van der Waals surface area contributed by atoms with E-state index < -0.39 is 0 Å². The molecule has 4 heteroatoms. The standard InChI is InChI=1S/C72H47N3S/c1-47-40-64(73-72(74-71(47)51-26-12-5-13-27-51)55-29-18-28-52(41-55)58-43-56(48-20-6-2-7-21-48)42-57(44-58)49-22-8-3-9-23-49)61-32-19-35-69-70(61)63-46-54(37-39-68(63)76-69)53-36-38-67-62(45-53)60-31-15-17-34-66(60)75(67)65-33-16-14-30-59(65)50-24-10-4-11-25-50/h2-46H,1H2. The van der Waals surface area contributed by atoms with E-state index >= 15 is 0 Å². The van der Waals surface area contributed by atoms with Crippen molar-refractivity contribution < 1.29 is 0 Å². The minimum atomic E-state index is 0.629. The van der Waals surface area contributed by atoms with Crippen LogP contribution in [0.5, 0.6) is 0 Å². The average Bonchev–Trinajstić information content (AvgIpc) is 4.05. The minimum absolute atomic E-state index is 0.629. The summed E-state index contributed by atoms with van der Waals surface area (Å²) in [5.74, 6) is 0.629. The van der Waals surface area contributed by atoms with E-state index in [0.717, 1.165) is 67.2 Å². The molecule has 3 heterocycles. The Balaban J connectivity index is 0.898. The van der Waals surface area contributed by atoms with Crippen LogP contribution in [0.3, 0.4) is 0 Å². The van der Waals surface area contributed by atoms with Gasteiger partial charge in [-0.1, -0.05) is 207 Å². The van der Waals surface area contributed by atoms with Gasteiger partial charge in [-0.15, -0.1) is 11.3 Å². The smallest absolute Gasteiger partial charge is 0.160 e. The SMILES string of the molecule is C=C1C=C(c2cccc3sc4ccc(-c5ccc6c(c5)c5ccccc5n6-c5ccccc5-c5ccccc5)cc4c23)N=C(c2cccc(-c3cc(-c4ccccc4)cc(-c4ccccc4)c3)c2)N=C1c1ccccc1. The number of nitrogens with zero attached hydrogens (tertiary/aromatic N) is 3. The number of benzene rings is 11. The molecule has 11 aromatic carbocycles. The molecule has 0 bridgehead atoms. The molecule has 0 saturated carbocycles. The Kier molecular flexibility index (Phi) is 11.2. The molecule has 0 spiro atoms. The van der Waals surface area contributed by atoms with Crippen LogP contribution < -0.4 is 0 Å². The van der Waals surface area contributed by atoms with Crippen molar-refractivity contribution in [1.82, 2.24) is 4.57 Å². The average molecular weight is 986 g/mol. The molecule has 0 aliphatic carbocycles. The third-order valence-electron chi connectivity index (χ3n) is 14.7. The highest BCUT2D eigenvalue weighted by Gasteiger charge is 2.22. The second-order valence-electron chi connectivity index (χ2n) is 19.4. The van der Waals surface area contributed by atoms with Crippen LogP contribution in [-0.2, 0) is 0 Å². The molecular weight excluding hydrogens is 939 g/mol. The number of amidine groups is 1. The van der Waals surface area contributed by atoms with Crippen LogP contribution in [0.25, 0.3) is 109 Å². The first kappa shape index (κ1) is 44.9. The van der Waals surface area contributed by atoms with Gasteiger partial charge in [-0.2, -0.15) is 0 Å². The van der Waals surface area contributed by atoms with E-state index in [9.17, 15) is 0 Å². The first-order valence-corrected chi connectivity index (χ1v) is 26.5. The van der Waals surface area contributed by atoms with Crippen LogP contribution in [0.1, 0.15) is 16.7 Å². The summed E-state index contributed by atoms with van der Waals surface area (Å²) in [6.07, 6.45) is 2.12. The number of rotatable bonds is 9. The molecule has 3 nitrogen and oxygen atoms in total. The number of fused-ring (bicyclic) bond motifs is 6. The maximum Gasteiger partial charge on any atom is 0.160 e. The molecule has 0 radical (unpaired) electrons. The lowest BCUT2D eigenvalue weighted by molar-refractivity contribution is 1.18. The fraction of sp³-hybridized carbons (Fsp3) is 0. The van der Waals surface area contributed by atoms with Gasteiger partial charge in [-0.05, 0) is 128 Å². The van der Waals surface area contributed by atoms with E-state index in [1.165, 1.54) is 69.8 Å². The van der Waals surface area contributed by atoms with Gasteiger partial charge in [0.25, 0.3) is 0 Å². The maximum atomic E-state index is 5.57. The molecule has 356 valence electrons. The van der Waals surface area contributed by atoms with Crippen molar-refractivity contribution in [2.24, 2.45) is 9.98 Å². The van der Waals surface area contributed by atoms with E-state index in [-0.39, 0.29) is 0 Å². The summed E-state index contributed by atoms with van der Waals surface area (Å²) in [7, 11) is 0. The normalized spacial score (nSPS) is 12.7. The Morgan fingerprint density at radius 1 is 0.329 bits per heavy atom. The lowest BCUT2D eigenvalue weighted by Gasteiger charge is -2.14. The van der Waals surface area contributed by atoms with Crippen LogP contribution in [0.4, 0.5) is 0 Å². The Morgan fingerprint density at radius 2 is 0.842 bits per heavy atom. The molecule has 2 aromatic heterocycles. The molecule has 13 aromatic rings. The lowest BCUT2D eigenvalue weighted by atomic mass is 9.93. The largest absolute Gasteiger partial charge is 0.309 e. The summed E-state index contributed by atoms with van der Waals surface area (Å²) in [5, 5.41) is 4.80. The molecule has 14 rings (SSSR count). The zero-order valence-corrected chi connectivity index (χ0v) is 42.3. The molecule has 0 saturated heterocycles. The Morgan fingerprint density at radius 3 is 1.57 bits per heavy atom. The predicted octanol–water partition coefficient (Wildman–Crippen LogP) is 19.3. The van der Waals surface area contributed by atoms with E-state index in [0.29, 0.717) is 5.84 Å². The van der Waals surface area contributed by atoms with Gasteiger partial charge in [0, 0.05) is 53.2 Å². The number of hydrogen-bond donors (Lipinski definition) is 0. The fourth-order valence-electron chi connectivity index (χ4n) is 11.1. The zero-order chi connectivity index (χ0) is 50.5. The molecule has 0 N–H and O–H groups in total. The number of hydrogen-bond acceptors (Lipinski definition) is 3. The van der Waals surface area contributed by atoms with Gasteiger partial charge < -0.3 is 4.57 Å². The number of aliphatic imine (C=N–C) groups is 2. The Hall–Kier alpha value is -9.74. The number of aromatic nitrogens is 1. The topological polar surface area (TPSA) is 29.6 Å². The first-order chi connectivity index (χ1) is 37.6. The van der Waals surface area contributed by atoms with E-state index in [1.54, 1.807) is 0 Å². The van der Waals surface area contributed by atoms with Crippen molar-refractivity contribution in [3.8, 4) is 61.3 Å². The van der Waals surface area contributed by atoms with Gasteiger partial charge >= 0.3 is 0 Å². The fourth-order valence-corrected chi connectivity index (χ4v) is 12.2. The van der Waals surface area contributed by atoms with Crippen LogP contribution in [0.15, 0.2) is 295 Å². The predicted molar refractivity (Wildman–Crippen MR) is 324 cm³/mol. The van der Waals surface area contributed by atoms with Crippen LogP contribution in [0.2, 0.25) is 0 Å². The first-order valence-electron chi connectivity index (χ1n) is 25.7. The monoisotopic (exact) mass is 985 g/mol. The van der Waals surface area contributed by atoms with Gasteiger partial charge in [-0.3, -0.25) is 0 Å².